The summed E-state index contributed by atoms with van der Waals surface area (Å²) in [7, 11) is 0. The van der Waals surface area contributed by atoms with Gasteiger partial charge in [-0.15, -0.1) is 0 Å². The first-order chi connectivity index (χ1) is 11.4. The molecule has 1 atom stereocenters. The lowest BCUT2D eigenvalue weighted by molar-refractivity contribution is -0.148. The lowest BCUT2D eigenvalue weighted by Gasteiger charge is -2.04. The summed E-state index contributed by atoms with van der Waals surface area (Å²) in [4.78, 5) is 31.2. The molecule has 0 fully saturated rings. The molecule has 158 valence electrons. The van der Waals surface area contributed by atoms with Gasteiger partial charge in [-0.05, 0) is 17.5 Å². The molecule has 0 aliphatic heterocycles. The molecule has 9 N–H and O–H groups in total. The standard InChI is InChI=1S/C9H11NO2.C9H8O3.2CH4.H3N.H2O/c2*10-8(9(11)12)6-7-4-2-1-3-5-7;;;;/h1-5,8H,6,10H2,(H,11,12);1-5H,6H2,(H,11,12);2*1H4;1H3;1H2/p+1/t8-;;;;;/m0...../s1. The zero-order valence-corrected chi connectivity index (χ0v) is 14.2. The number of Topliss-reactive ketones (excluding diaryl/α,β-unsaturated/α-hetero) is 1. The summed E-state index contributed by atoms with van der Waals surface area (Å²) in [6, 6.07) is 17.3. The number of aliphatic carboxylic acids is 2. The molecule has 2 aromatic carbocycles. The molecule has 2 rings (SSSR count). The third kappa shape index (κ3) is 13.2. The molecule has 8 heteroatoms. The van der Waals surface area contributed by atoms with Crippen molar-refractivity contribution in [1.82, 2.24) is 6.15 Å². The lowest BCUT2D eigenvalue weighted by Crippen LogP contribution is -2.32. The van der Waals surface area contributed by atoms with E-state index in [0.29, 0.717) is 6.42 Å². The maximum atomic E-state index is 10.7. The number of benzene rings is 2. The average Bonchev–Trinajstić information content (AvgIpc) is 2.57. The van der Waals surface area contributed by atoms with E-state index in [4.69, 9.17) is 15.9 Å². The van der Waals surface area contributed by atoms with Gasteiger partial charge < -0.3 is 27.6 Å². The molecule has 0 aromatic heterocycles. The van der Waals surface area contributed by atoms with Crippen LogP contribution in [-0.2, 0) is 27.2 Å². The quantitative estimate of drug-likeness (QED) is 0.538. The van der Waals surface area contributed by atoms with Gasteiger partial charge in [-0.1, -0.05) is 75.5 Å². The highest BCUT2D eigenvalue weighted by molar-refractivity contribution is 6.33. The summed E-state index contributed by atoms with van der Waals surface area (Å²) in [6.45, 7) is 0. The van der Waals surface area contributed by atoms with Crippen LogP contribution >= 0.6 is 0 Å². The number of rotatable bonds is 6. The summed E-state index contributed by atoms with van der Waals surface area (Å²) >= 11 is 0. The van der Waals surface area contributed by atoms with Crippen molar-refractivity contribution in [3.8, 4) is 0 Å². The third-order valence-corrected chi connectivity index (χ3v) is 3.06. The van der Waals surface area contributed by atoms with E-state index in [1.165, 1.54) is 0 Å². The largest absolute Gasteiger partial charge is 1.00 e. The molecular weight excluding hydrogens is 364 g/mol. The molecule has 0 saturated carbocycles. The average molecular weight is 397 g/mol. The first-order valence-electron chi connectivity index (χ1n) is 7.22. The minimum absolute atomic E-state index is 0. The van der Waals surface area contributed by atoms with Crippen LogP contribution in [0, 0.1) is 0 Å². The van der Waals surface area contributed by atoms with Gasteiger partial charge in [0.05, 0.1) is 0 Å². The molecule has 0 aliphatic carbocycles. The Hall–Kier alpha value is -3.07. The number of hydrogen-bond donors (Lipinski definition) is 4. The fraction of sp³-hybridized carbons (Fsp3) is 0.250. The molecule has 0 radical (unpaired) electrons. The lowest BCUT2D eigenvalue weighted by atomic mass is 10.1. The van der Waals surface area contributed by atoms with E-state index >= 15 is 0 Å². The zero-order chi connectivity index (χ0) is 17.9. The summed E-state index contributed by atoms with van der Waals surface area (Å²) in [5.74, 6) is -3.11. The predicted octanol–water partition coefficient (Wildman–Crippen LogP) is 2.25. The van der Waals surface area contributed by atoms with Crippen molar-refractivity contribution in [1.29, 1.82) is 0 Å². The van der Waals surface area contributed by atoms with Gasteiger partial charge in [-0.3, -0.25) is 9.59 Å². The van der Waals surface area contributed by atoms with E-state index < -0.39 is 23.8 Å². The smallest absolute Gasteiger partial charge is 0.480 e. The summed E-state index contributed by atoms with van der Waals surface area (Å²) in [6.07, 6.45) is 0.354. The van der Waals surface area contributed by atoms with Crippen LogP contribution in [0.1, 0.15) is 27.4 Å². The fourth-order valence-corrected chi connectivity index (χ4v) is 1.81. The Balaban J connectivity index is -0.000000113. The van der Waals surface area contributed by atoms with Crippen molar-refractivity contribution in [2.24, 2.45) is 5.73 Å². The number of hydrogen-bond acceptors (Lipinski definition) is 5. The molecule has 0 amide bonds. The van der Waals surface area contributed by atoms with Gasteiger partial charge in [0.1, 0.15) is 6.04 Å². The maximum Gasteiger partial charge on any atom is 1.00 e. The van der Waals surface area contributed by atoms with Gasteiger partial charge in [-0.25, -0.2) is 4.79 Å². The summed E-state index contributed by atoms with van der Waals surface area (Å²) < 4.78 is 0. The molecule has 0 bridgehead atoms. The zero-order valence-electron chi connectivity index (χ0n) is 15.2. The number of carboxylic acid groups (broad SMARTS) is 2. The van der Waals surface area contributed by atoms with Crippen LogP contribution in [0.5, 0.6) is 0 Å². The molecule has 0 spiro atoms. The Kier molecular flexibility index (Phi) is 20.2. The molecule has 0 saturated heterocycles. The molecule has 2 aromatic rings. The number of carbonyl (C=O) groups excluding carboxylic acids is 1. The van der Waals surface area contributed by atoms with Crippen LogP contribution in [-0.4, -0.2) is 39.5 Å². The monoisotopic (exact) mass is 397 g/mol. The minimum Gasteiger partial charge on any atom is -0.480 e. The van der Waals surface area contributed by atoms with Crippen LogP contribution in [0.25, 0.3) is 0 Å². The van der Waals surface area contributed by atoms with Gasteiger partial charge in [-0.2, -0.15) is 0 Å². The van der Waals surface area contributed by atoms with E-state index in [1.807, 2.05) is 36.4 Å². The van der Waals surface area contributed by atoms with Crippen molar-refractivity contribution >= 4 is 17.7 Å². The van der Waals surface area contributed by atoms with E-state index in [9.17, 15) is 14.4 Å². The van der Waals surface area contributed by atoms with Crippen LogP contribution < -0.4 is 11.9 Å². The highest BCUT2D eigenvalue weighted by atomic mass is 16.4. The van der Waals surface area contributed by atoms with E-state index in [-0.39, 0.29) is 34.3 Å². The van der Waals surface area contributed by atoms with E-state index in [1.54, 1.807) is 24.3 Å². The van der Waals surface area contributed by atoms with Crippen molar-refractivity contribution in [3.63, 3.8) is 0 Å². The Bertz CT molecular complexity index is 684. The third-order valence-electron chi connectivity index (χ3n) is 3.06. The minimum atomic E-state index is -1.38. The van der Waals surface area contributed by atoms with Gasteiger partial charge in [0, 0.05) is 6.42 Å². The van der Waals surface area contributed by atoms with Crippen molar-refractivity contribution in [2.45, 2.75) is 33.7 Å². The van der Waals surface area contributed by atoms with Crippen LogP contribution in [0.3, 0.4) is 0 Å². The number of nitrogens with two attached hydrogens (primary N) is 1. The van der Waals surface area contributed by atoms with E-state index in [2.05, 4.69) is 0 Å². The van der Waals surface area contributed by atoms with Gasteiger partial charge in [0.25, 0.3) is 0 Å². The molecule has 8 nitrogen and oxygen atoms in total. The normalized spacial score (nSPS) is 9.32. The topological polar surface area (TPSA) is 184 Å². The van der Waals surface area contributed by atoms with Crippen LogP contribution in [0.15, 0.2) is 60.7 Å². The van der Waals surface area contributed by atoms with Gasteiger partial charge >= 0.3 is 13.4 Å². The highest BCUT2D eigenvalue weighted by Gasteiger charge is 2.11. The molecule has 28 heavy (non-hydrogen) atoms. The number of carbonyl (C=O) groups is 3. The van der Waals surface area contributed by atoms with Gasteiger partial charge in [0.15, 0.2) is 0 Å². The second-order valence-corrected chi connectivity index (χ2v) is 5.03. The SMILES string of the molecule is C.C.N.N[C@@H](Cc1ccccc1)C(=O)O.O.O=C(O)C(=O)Cc1ccccc1.[H+]. The molecule has 0 heterocycles. The number of carboxylic acids is 2. The Morgan fingerprint density at radius 1 is 0.857 bits per heavy atom. The molecule has 0 unspecified atom stereocenters. The van der Waals surface area contributed by atoms with Crippen molar-refractivity contribution in [3.05, 3.63) is 71.8 Å². The highest BCUT2D eigenvalue weighted by Crippen LogP contribution is 2.01. The second-order valence-electron chi connectivity index (χ2n) is 5.03. The molecule has 0 aliphatic rings. The van der Waals surface area contributed by atoms with Crippen molar-refractivity contribution < 1.29 is 31.5 Å². The molecular formula is C20H33N2O6+. The summed E-state index contributed by atoms with van der Waals surface area (Å²) in [5, 5.41) is 16.8. The van der Waals surface area contributed by atoms with Crippen LogP contribution in [0.2, 0.25) is 0 Å². The second kappa shape index (κ2) is 17.3. The van der Waals surface area contributed by atoms with Crippen LogP contribution in [0.4, 0.5) is 0 Å². The van der Waals surface area contributed by atoms with E-state index in [0.717, 1.165) is 11.1 Å². The Labute approximate surface area is 167 Å². The Morgan fingerprint density at radius 2 is 1.25 bits per heavy atom. The Morgan fingerprint density at radius 3 is 1.61 bits per heavy atom. The maximum absolute atomic E-state index is 10.7. The van der Waals surface area contributed by atoms with Gasteiger partial charge in [0.2, 0.25) is 5.78 Å². The van der Waals surface area contributed by atoms with Crippen molar-refractivity contribution in [2.75, 3.05) is 0 Å². The fourth-order valence-electron chi connectivity index (χ4n) is 1.81. The first kappa shape index (κ1) is 32.6. The summed E-state index contributed by atoms with van der Waals surface area (Å²) in [5.41, 5.74) is 7.03. The first-order valence-corrected chi connectivity index (χ1v) is 7.22. The number of ketones is 1. The predicted molar refractivity (Wildman–Crippen MR) is 112 cm³/mol.